The fourth-order valence-electron chi connectivity index (χ4n) is 2.30. The molecule has 0 radical (unpaired) electrons. The van der Waals surface area contributed by atoms with Gasteiger partial charge < -0.3 is 10.6 Å². The zero-order valence-electron chi connectivity index (χ0n) is 14.1. The molecule has 26 heavy (non-hydrogen) atoms. The van der Waals surface area contributed by atoms with Gasteiger partial charge in [0.05, 0.1) is 21.0 Å². The quantitative estimate of drug-likeness (QED) is 0.623. The fraction of sp³-hybridized carbons (Fsp3) is 0.263. The van der Waals surface area contributed by atoms with E-state index in [9.17, 15) is 9.59 Å². The molecule has 1 saturated carbocycles. The highest BCUT2D eigenvalue weighted by molar-refractivity contribution is 8.00. The van der Waals surface area contributed by atoms with E-state index in [-0.39, 0.29) is 23.0 Å². The standard InChI is InChI=1S/C19H18Cl2N2O2S/c1-11(18(24)23-16-4-2-3-15(20)17(16)21)26-14-9-7-13(8-10-14)22-19(25)12-5-6-12/h2-4,7-12H,5-6H2,1H3,(H,22,25)(H,23,24). The first kappa shape index (κ1) is 19.1. The van der Waals surface area contributed by atoms with Gasteiger partial charge in [-0.1, -0.05) is 29.3 Å². The maximum Gasteiger partial charge on any atom is 0.237 e. The predicted octanol–water partition coefficient (Wildman–Crippen LogP) is 5.46. The molecule has 1 aliphatic rings. The van der Waals surface area contributed by atoms with Crippen molar-refractivity contribution >= 4 is 58.2 Å². The number of benzene rings is 2. The molecule has 7 heteroatoms. The van der Waals surface area contributed by atoms with E-state index in [0.717, 1.165) is 23.4 Å². The van der Waals surface area contributed by atoms with Crippen molar-refractivity contribution in [2.45, 2.75) is 29.9 Å². The summed E-state index contributed by atoms with van der Waals surface area (Å²) in [4.78, 5) is 25.1. The summed E-state index contributed by atoms with van der Waals surface area (Å²) >= 11 is 13.5. The molecule has 2 aromatic rings. The van der Waals surface area contributed by atoms with Crippen molar-refractivity contribution in [3.8, 4) is 0 Å². The summed E-state index contributed by atoms with van der Waals surface area (Å²) in [5.41, 5.74) is 1.27. The summed E-state index contributed by atoms with van der Waals surface area (Å²) in [5.74, 6) is 0.0907. The van der Waals surface area contributed by atoms with Crippen LogP contribution in [0.4, 0.5) is 11.4 Å². The number of thioether (sulfide) groups is 1. The normalized spacial score (nSPS) is 14.6. The van der Waals surface area contributed by atoms with Gasteiger partial charge in [0.25, 0.3) is 0 Å². The van der Waals surface area contributed by atoms with Crippen molar-refractivity contribution in [3.05, 3.63) is 52.5 Å². The minimum atomic E-state index is -0.322. The van der Waals surface area contributed by atoms with Crippen LogP contribution in [0.5, 0.6) is 0 Å². The lowest BCUT2D eigenvalue weighted by atomic mass is 10.3. The first-order chi connectivity index (χ1) is 12.4. The van der Waals surface area contributed by atoms with Crippen molar-refractivity contribution in [2.24, 2.45) is 5.92 Å². The lowest BCUT2D eigenvalue weighted by molar-refractivity contribution is -0.117. The second kappa shape index (κ2) is 8.33. The highest BCUT2D eigenvalue weighted by Gasteiger charge is 2.29. The maximum absolute atomic E-state index is 12.4. The molecule has 2 N–H and O–H groups in total. The Balaban J connectivity index is 1.56. The number of anilines is 2. The fourth-order valence-corrected chi connectivity index (χ4v) is 3.51. The molecular weight excluding hydrogens is 391 g/mol. The minimum Gasteiger partial charge on any atom is -0.326 e. The molecule has 1 unspecified atom stereocenters. The van der Waals surface area contributed by atoms with E-state index in [0.29, 0.717) is 15.7 Å². The Morgan fingerprint density at radius 2 is 1.77 bits per heavy atom. The van der Waals surface area contributed by atoms with Crippen LogP contribution in [0.15, 0.2) is 47.4 Å². The Kier molecular flexibility index (Phi) is 6.12. The van der Waals surface area contributed by atoms with E-state index in [1.165, 1.54) is 11.8 Å². The van der Waals surface area contributed by atoms with Gasteiger partial charge in [-0.25, -0.2) is 0 Å². The van der Waals surface area contributed by atoms with Crippen molar-refractivity contribution in [3.63, 3.8) is 0 Å². The van der Waals surface area contributed by atoms with Gasteiger partial charge in [-0.2, -0.15) is 0 Å². The molecular formula is C19H18Cl2N2O2S. The van der Waals surface area contributed by atoms with Gasteiger partial charge in [0.1, 0.15) is 0 Å². The van der Waals surface area contributed by atoms with Crippen molar-refractivity contribution in [2.75, 3.05) is 10.6 Å². The lowest BCUT2D eigenvalue weighted by Crippen LogP contribution is -2.22. The Labute approximate surface area is 166 Å². The Hall–Kier alpha value is -1.69. The molecule has 0 aliphatic heterocycles. The number of nitrogens with one attached hydrogen (secondary N) is 2. The molecule has 1 fully saturated rings. The molecule has 2 amide bonds. The molecule has 1 aliphatic carbocycles. The highest BCUT2D eigenvalue weighted by atomic mass is 35.5. The Morgan fingerprint density at radius 1 is 1.08 bits per heavy atom. The summed E-state index contributed by atoms with van der Waals surface area (Å²) in [6.45, 7) is 1.82. The number of hydrogen-bond acceptors (Lipinski definition) is 3. The zero-order valence-corrected chi connectivity index (χ0v) is 16.4. The van der Waals surface area contributed by atoms with Gasteiger partial charge >= 0.3 is 0 Å². The van der Waals surface area contributed by atoms with Crippen LogP contribution in [-0.4, -0.2) is 17.1 Å². The minimum absolute atomic E-state index is 0.0801. The third-order valence-electron chi connectivity index (χ3n) is 3.96. The van der Waals surface area contributed by atoms with Gasteiger partial charge in [-0.15, -0.1) is 11.8 Å². The lowest BCUT2D eigenvalue weighted by Gasteiger charge is -2.14. The van der Waals surface area contributed by atoms with Crippen LogP contribution in [-0.2, 0) is 9.59 Å². The van der Waals surface area contributed by atoms with E-state index < -0.39 is 0 Å². The molecule has 1 atom stereocenters. The monoisotopic (exact) mass is 408 g/mol. The Morgan fingerprint density at radius 3 is 2.42 bits per heavy atom. The van der Waals surface area contributed by atoms with Gasteiger partial charge in [0.2, 0.25) is 11.8 Å². The molecule has 4 nitrogen and oxygen atoms in total. The summed E-state index contributed by atoms with van der Waals surface area (Å²) in [7, 11) is 0. The number of rotatable bonds is 6. The largest absolute Gasteiger partial charge is 0.326 e. The summed E-state index contributed by atoms with van der Waals surface area (Å²) in [6.07, 6.45) is 1.95. The molecule has 0 aromatic heterocycles. The molecule has 2 aromatic carbocycles. The predicted molar refractivity (Wildman–Crippen MR) is 108 cm³/mol. The van der Waals surface area contributed by atoms with Crippen LogP contribution >= 0.6 is 35.0 Å². The van der Waals surface area contributed by atoms with E-state index in [1.807, 2.05) is 31.2 Å². The zero-order chi connectivity index (χ0) is 18.7. The van der Waals surface area contributed by atoms with Crippen LogP contribution in [0.25, 0.3) is 0 Å². The van der Waals surface area contributed by atoms with Crippen LogP contribution in [0.2, 0.25) is 10.0 Å². The molecule has 0 bridgehead atoms. The molecule has 3 rings (SSSR count). The molecule has 0 heterocycles. The number of hydrogen-bond donors (Lipinski definition) is 2. The van der Waals surface area contributed by atoms with Gasteiger partial charge in [-0.3, -0.25) is 9.59 Å². The first-order valence-corrected chi connectivity index (χ1v) is 9.90. The van der Waals surface area contributed by atoms with E-state index in [2.05, 4.69) is 10.6 Å². The van der Waals surface area contributed by atoms with Gasteiger partial charge in [0, 0.05) is 16.5 Å². The average Bonchev–Trinajstić information content (AvgIpc) is 3.45. The van der Waals surface area contributed by atoms with E-state index >= 15 is 0 Å². The third-order valence-corrected chi connectivity index (χ3v) is 5.89. The van der Waals surface area contributed by atoms with Crippen LogP contribution in [0, 0.1) is 5.92 Å². The second-order valence-corrected chi connectivity index (χ2v) is 8.34. The number of halogens is 2. The number of carbonyl (C=O) groups excluding carboxylic acids is 2. The van der Waals surface area contributed by atoms with Crippen LogP contribution < -0.4 is 10.6 Å². The summed E-state index contributed by atoms with van der Waals surface area (Å²) < 4.78 is 0. The maximum atomic E-state index is 12.4. The van der Waals surface area contributed by atoms with Crippen LogP contribution in [0.3, 0.4) is 0 Å². The topological polar surface area (TPSA) is 58.2 Å². The molecule has 136 valence electrons. The SMILES string of the molecule is CC(Sc1ccc(NC(=O)C2CC2)cc1)C(=O)Nc1cccc(Cl)c1Cl. The smallest absolute Gasteiger partial charge is 0.237 e. The van der Waals surface area contributed by atoms with Crippen molar-refractivity contribution < 1.29 is 9.59 Å². The second-order valence-electron chi connectivity index (χ2n) is 6.14. The molecule has 0 spiro atoms. The average molecular weight is 409 g/mol. The number of carbonyl (C=O) groups is 2. The number of amides is 2. The van der Waals surface area contributed by atoms with Crippen molar-refractivity contribution in [1.82, 2.24) is 0 Å². The van der Waals surface area contributed by atoms with Gasteiger partial charge in [-0.05, 0) is 56.2 Å². The van der Waals surface area contributed by atoms with Crippen LogP contribution in [0.1, 0.15) is 19.8 Å². The third kappa shape index (κ3) is 4.93. The molecule has 0 saturated heterocycles. The highest BCUT2D eigenvalue weighted by Crippen LogP contribution is 2.32. The summed E-state index contributed by atoms with van der Waals surface area (Å²) in [5, 5.41) is 6.10. The van der Waals surface area contributed by atoms with E-state index in [1.54, 1.807) is 18.2 Å². The van der Waals surface area contributed by atoms with Crippen molar-refractivity contribution in [1.29, 1.82) is 0 Å². The van der Waals surface area contributed by atoms with E-state index in [4.69, 9.17) is 23.2 Å². The Bertz CT molecular complexity index is 823. The first-order valence-electron chi connectivity index (χ1n) is 8.26. The summed E-state index contributed by atoms with van der Waals surface area (Å²) in [6, 6.07) is 12.6. The van der Waals surface area contributed by atoms with Gasteiger partial charge in [0.15, 0.2) is 0 Å².